The van der Waals surface area contributed by atoms with Crippen LogP contribution < -0.4 is 15.5 Å². The molecule has 3 aromatic rings. The number of para-hydroxylation sites is 2. The van der Waals surface area contributed by atoms with Crippen LogP contribution in [0.2, 0.25) is 0 Å². The average Bonchev–Trinajstić information content (AvgIpc) is 3.01. The minimum Gasteiger partial charge on any atom is -0.352 e. The van der Waals surface area contributed by atoms with Crippen LogP contribution in [0.1, 0.15) is 10.4 Å². The lowest BCUT2D eigenvalue weighted by Gasteiger charge is -2.37. The fraction of sp³-hybridized carbons (Fsp3) is 0.0526. The molecule has 1 N–H and O–H groups in total. The number of hydrogen-bond donors (Lipinski definition) is 1. The number of aromatic nitrogens is 1. The van der Waals surface area contributed by atoms with Crippen molar-refractivity contribution < 1.29 is 9.59 Å². The molecular weight excluding hydrogens is 302 g/mol. The molecule has 0 radical (unpaired) electrons. The lowest BCUT2D eigenvalue weighted by molar-refractivity contribution is -0.107. The summed E-state index contributed by atoms with van der Waals surface area (Å²) in [7, 11) is 0. The zero-order valence-electron chi connectivity index (χ0n) is 12.7. The highest BCUT2D eigenvalue weighted by Crippen LogP contribution is 2.32. The Labute approximate surface area is 137 Å². The van der Waals surface area contributed by atoms with Crippen LogP contribution in [0.25, 0.3) is 22.8 Å². The molecule has 2 aliphatic heterocycles. The highest BCUT2D eigenvalue weighted by atomic mass is 16.2. The summed E-state index contributed by atoms with van der Waals surface area (Å²) in [6.07, 6.45) is 2.81. The Bertz CT molecular complexity index is 1140. The number of anilines is 1. The molecule has 5 rings (SSSR count). The lowest BCUT2D eigenvalue weighted by Crippen LogP contribution is -2.51. The molecule has 24 heavy (non-hydrogen) atoms. The molecule has 0 aliphatic carbocycles. The van der Waals surface area contributed by atoms with Crippen molar-refractivity contribution in [3.8, 4) is 0 Å². The molecule has 2 aliphatic rings. The third-order valence-corrected chi connectivity index (χ3v) is 4.68. The van der Waals surface area contributed by atoms with Crippen molar-refractivity contribution in [2.24, 2.45) is 0 Å². The molecule has 2 aromatic carbocycles. The first-order valence-corrected chi connectivity index (χ1v) is 7.76. The standard InChI is InChI=1S/C19H13N3O2/c23-11-22-16-8-4-2-6-14(16)19(24)21-10-9-13-12-5-1-3-7-15(12)20-17(13)18(21)22/h1-9,11,20H,10H2. The van der Waals surface area contributed by atoms with Crippen LogP contribution in [0.15, 0.2) is 48.5 Å². The Morgan fingerprint density at radius 2 is 1.83 bits per heavy atom. The summed E-state index contributed by atoms with van der Waals surface area (Å²) >= 11 is 0. The van der Waals surface area contributed by atoms with E-state index in [0.717, 1.165) is 27.9 Å². The van der Waals surface area contributed by atoms with Gasteiger partial charge in [0.25, 0.3) is 5.91 Å². The smallest absolute Gasteiger partial charge is 0.261 e. The molecular formula is C19H13N3O2. The second-order valence-electron chi connectivity index (χ2n) is 5.90. The molecule has 0 saturated carbocycles. The normalized spacial score (nSPS) is 15.7. The molecule has 0 atom stereocenters. The van der Waals surface area contributed by atoms with Crippen molar-refractivity contribution in [1.82, 2.24) is 9.88 Å². The summed E-state index contributed by atoms with van der Waals surface area (Å²) in [6.45, 7) is 0.446. The van der Waals surface area contributed by atoms with Crippen molar-refractivity contribution in [3.63, 3.8) is 0 Å². The number of carbonyl (C=O) groups is 2. The number of fused-ring (bicyclic) bond motifs is 5. The van der Waals surface area contributed by atoms with E-state index < -0.39 is 0 Å². The van der Waals surface area contributed by atoms with Gasteiger partial charge in [-0.25, -0.2) is 0 Å². The van der Waals surface area contributed by atoms with Gasteiger partial charge in [0.15, 0.2) is 0 Å². The van der Waals surface area contributed by atoms with Crippen LogP contribution in [-0.4, -0.2) is 28.7 Å². The molecule has 116 valence electrons. The number of benzene rings is 2. The SMILES string of the molecule is O=CN1C2=c3[nH]c4ccccc4c3=CCN2C(=O)c2ccccc21. The molecule has 0 bridgehead atoms. The molecule has 0 fully saturated rings. The van der Waals surface area contributed by atoms with E-state index in [0.29, 0.717) is 23.6 Å². The average molecular weight is 315 g/mol. The van der Waals surface area contributed by atoms with E-state index in [1.165, 1.54) is 0 Å². The van der Waals surface area contributed by atoms with Gasteiger partial charge < -0.3 is 4.98 Å². The van der Waals surface area contributed by atoms with Gasteiger partial charge in [0.2, 0.25) is 6.41 Å². The maximum Gasteiger partial charge on any atom is 0.261 e. The minimum atomic E-state index is -0.0840. The lowest BCUT2D eigenvalue weighted by atomic mass is 10.1. The van der Waals surface area contributed by atoms with E-state index in [2.05, 4.69) is 4.98 Å². The summed E-state index contributed by atoms with van der Waals surface area (Å²) in [5.41, 5.74) is 2.15. The van der Waals surface area contributed by atoms with E-state index in [1.54, 1.807) is 21.9 Å². The Hall–Kier alpha value is -3.34. The topological polar surface area (TPSA) is 56.4 Å². The van der Waals surface area contributed by atoms with Gasteiger partial charge in [0, 0.05) is 22.7 Å². The number of nitrogens with one attached hydrogen (secondary N) is 1. The maximum atomic E-state index is 12.9. The Morgan fingerprint density at radius 3 is 2.71 bits per heavy atom. The fourth-order valence-electron chi connectivity index (χ4n) is 3.62. The van der Waals surface area contributed by atoms with Gasteiger partial charge in [0.05, 0.1) is 16.6 Å². The van der Waals surface area contributed by atoms with E-state index in [9.17, 15) is 9.59 Å². The van der Waals surface area contributed by atoms with Gasteiger partial charge in [-0.1, -0.05) is 36.4 Å². The Morgan fingerprint density at radius 1 is 1.04 bits per heavy atom. The Kier molecular flexibility index (Phi) is 2.51. The van der Waals surface area contributed by atoms with Crippen LogP contribution in [0, 0.1) is 0 Å². The van der Waals surface area contributed by atoms with Gasteiger partial charge in [-0.3, -0.25) is 19.4 Å². The summed E-state index contributed by atoms with van der Waals surface area (Å²) in [4.78, 5) is 31.3. The highest BCUT2D eigenvalue weighted by Gasteiger charge is 2.35. The van der Waals surface area contributed by atoms with Gasteiger partial charge in [-0.15, -0.1) is 0 Å². The van der Waals surface area contributed by atoms with Crippen molar-refractivity contribution in [1.29, 1.82) is 0 Å². The first-order valence-electron chi connectivity index (χ1n) is 7.76. The molecule has 5 heteroatoms. The fourth-order valence-corrected chi connectivity index (χ4v) is 3.62. The van der Waals surface area contributed by atoms with Crippen molar-refractivity contribution in [2.45, 2.75) is 0 Å². The number of rotatable bonds is 1. The third-order valence-electron chi connectivity index (χ3n) is 4.68. The quantitative estimate of drug-likeness (QED) is 0.685. The van der Waals surface area contributed by atoms with Gasteiger partial charge in [-0.2, -0.15) is 0 Å². The van der Waals surface area contributed by atoms with Crippen LogP contribution >= 0.6 is 0 Å². The second kappa shape index (κ2) is 4.58. The highest BCUT2D eigenvalue weighted by molar-refractivity contribution is 6.12. The first-order chi connectivity index (χ1) is 11.8. The summed E-state index contributed by atoms with van der Waals surface area (Å²) < 4.78 is 0. The predicted molar refractivity (Wildman–Crippen MR) is 91.4 cm³/mol. The van der Waals surface area contributed by atoms with Gasteiger partial charge >= 0.3 is 0 Å². The summed E-state index contributed by atoms with van der Waals surface area (Å²) in [5.74, 6) is 0.515. The van der Waals surface area contributed by atoms with Crippen LogP contribution in [-0.2, 0) is 4.79 Å². The minimum absolute atomic E-state index is 0.0840. The van der Waals surface area contributed by atoms with Crippen LogP contribution in [0.5, 0.6) is 0 Å². The monoisotopic (exact) mass is 315 g/mol. The van der Waals surface area contributed by atoms with Gasteiger partial charge in [-0.05, 0) is 18.2 Å². The van der Waals surface area contributed by atoms with Crippen LogP contribution in [0.4, 0.5) is 5.69 Å². The molecule has 5 nitrogen and oxygen atoms in total. The molecule has 0 unspecified atom stereocenters. The number of hydrogen-bond acceptors (Lipinski definition) is 2. The Balaban J connectivity index is 1.94. The molecule has 0 spiro atoms. The largest absolute Gasteiger partial charge is 0.352 e. The van der Waals surface area contributed by atoms with E-state index in [4.69, 9.17) is 0 Å². The van der Waals surface area contributed by atoms with Crippen molar-refractivity contribution in [2.75, 3.05) is 11.4 Å². The molecule has 0 saturated heterocycles. The van der Waals surface area contributed by atoms with E-state index in [-0.39, 0.29) is 5.91 Å². The zero-order valence-corrected chi connectivity index (χ0v) is 12.7. The van der Waals surface area contributed by atoms with Crippen molar-refractivity contribution in [3.05, 3.63) is 64.7 Å². The third kappa shape index (κ3) is 1.53. The molecule has 2 amide bonds. The maximum absolute atomic E-state index is 12.9. The number of amides is 2. The van der Waals surface area contributed by atoms with Crippen LogP contribution in [0.3, 0.4) is 0 Å². The zero-order chi connectivity index (χ0) is 16.3. The summed E-state index contributed by atoms with van der Waals surface area (Å²) in [6, 6.07) is 15.2. The van der Waals surface area contributed by atoms with Gasteiger partial charge in [0.1, 0.15) is 5.82 Å². The second-order valence-corrected chi connectivity index (χ2v) is 5.90. The van der Waals surface area contributed by atoms with E-state index in [1.807, 2.05) is 42.5 Å². The van der Waals surface area contributed by atoms with E-state index >= 15 is 0 Å². The molecule has 1 aromatic heterocycles. The summed E-state index contributed by atoms with van der Waals surface area (Å²) in [5, 5.41) is 2.94. The number of nitrogens with zero attached hydrogens (tertiary/aromatic N) is 2. The first kappa shape index (κ1) is 13.1. The number of H-pyrrole nitrogens is 1. The number of carbonyl (C=O) groups excluding carboxylic acids is 2. The van der Waals surface area contributed by atoms with Crippen molar-refractivity contribution >= 4 is 40.8 Å². The number of aromatic amines is 1. The predicted octanol–water partition coefficient (Wildman–Crippen LogP) is 1.15. The molecule has 3 heterocycles.